The number of nitrogens with one attached hydrogen (secondary N) is 2. The lowest BCUT2D eigenvalue weighted by Crippen LogP contribution is -2.34. The van der Waals surface area contributed by atoms with Crippen molar-refractivity contribution in [3.05, 3.63) is 59.7 Å². The van der Waals surface area contributed by atoms with E-state index in [0.29, 0.717) is 49.0 Å². The van der Waals surface area contributed by atoms with Crippen LogP contribution >= 0.6 is 12.2 Å². The smallest absolute Gasteiger partial charge is 0.338 e. The monoisotopic (exact) mass is 416 g/mol. The highest BCUT2D eigenvalue weighted by Crippen LogP contribution is 2.14. The van der Waals surface area contributed by atoms with Crippen LogP contribution in [0.4, 0.5) is 5.69 Å². The SMILES string of the molecule is CCOCCOc1cccc(C(=O)NC(=S)Nc2ccc(C(=O)OCC)cc2)c1. The standard InChI is InChI=1S/C21H24N2O5S/c1-3-26-12-13-28-18-7-5-6-16(14-18)19(24)23-21(29)22-17-10-8-15(9-11-17)20(25)27-4-2/h5-11,14H,3-4,12-13H2,1-2H3,(H2,22,23,24,29). The van der Waals surface area contributed by atoms with Gasteiger partial charge < -0.3 is 19.5 Å². The van der Waals surface area contributed by atoms with Crippen molar-refractivity contribution in [2.45, 2.75) is 13.8 Å². The maximum atomic E-state index is 12.4. The van der Waals surface area contributed by atoms with Gasteiger partial charge in [-0.2, -0.15) is 0 Å². The number of hydrogen-bond donors (Lipinski definition) is 2. The van der Waals surface area contributed by atoms with Gasteiger partial charge in [0, 0.05) is 17.9 Å². The molecule has 0 heterocycles. The second-order valence-electron chi connectivity index (χ2n) is 5.78. The third kappa shape index (κ3) is 7.52. The van der Waals surface area contributed by atoms with Crippen molar-refractivity contribution in [2.24, 2.45) is 0 Å². The third-order valence-electron chi connectivity index (χ3n) is 3.68. The van der Waals surface area contributed by atoms with E-state index in [1.54, 1.807) is 55.5 Å². The van der Waals surface area contributed by atoms with Gasteiger partial charge in [-0.1, -0.05) is 6.07 Å². The van der Waals surface area contributed by atoms with Crippen molar-refractivity contribution in [1.29, 1.82) is 0 Å². The van der Waals surface area contributed by atoms with Gasteiger partial charge in [0.2, 0.25) is 0 Å². The number of ether oxygens (including phenoxy) is 3. The van der Waals surface area contributed by atoms with Crippen LogP contribution in [-0.4, -0.2) is 43.4 Å². The molecule has 2 N–H and O–H groups in total. The minimum absolute atomic E-state index is 0.140. The number of esters is 1. The van der Waals surface area contributed by atoms with E-state index in [1.807, 2.05) is 6.92 Å². The summed E-state index contributed by atoms with van der Waals surface area (Å²) in [7, 11) is 0. The molecule has 0 unspecified atom stereocenters. The second kappa shape index (κ2) is 11.8. The lowest BCUT2D eigenvalue weighted by Gasteiger charge is -2.11. The maximum absolute atomic E-state index is 12.4. The zero-order chi connectivity index (χ0) is 21.1. The van der Waals surface area contributed by atoms with Crippen LogP contribution in [0.1, 0.15) is 34.6 Å². The molecular formula is C21H24N2O5S. The normalized spacial score (nSPS) is 10.1. The van der Waals surface area contributed by atoms with Gasteiger partial charge in [0.15, 0.2) is 5.11 Å². The molecule has 8 heteroatoms. The van der Waals surface area contributed by atoms with Gasteiger partial charge in [0.25, 0.3) is 5.91 Å². The summed E-state index contributed by atoms with van der Waals surface area (Å²) in [5, 5.41) is 5.66. The van der Waals surface area contributed by atoms with Crippen LogP contribution in [0.2, 0.25) is 0 Å². The van der Waals surface area contributed by atoms with E-state index in [4.69, 9.17) is 26.4 Å². The van der Waals surface area contributed by atoms with Gasteiger partial charge in [0.05, 0.1) is 18.8 Å². The molecule has 0 saturated heterocycles. The molecule has 0 fully saturated rings. The summed E-state index contributed by atoms with van der Waals surface area (Å²) in [5.74, 6) is -0.176. The molecule has 0 aromatic heterocycles. The van der Waals surface area contributed by atoms with Gasteiger partial charge in [-0.05, 0) is 68.5 Å². The van der Waals surface area contributed by atoms with Gasteiger partial charge in [-0.3, -0.25) is 10.1 Å². The lowest BCUT2D eigenvalue weighted by molar-refractivity contribution is 0.0526. The van der Waals surface area contributed by atoms with Crippen molar-refractivity contribution >= 4 is 34.9 Å². The van der Waals surface area contributed by atoms with Gasteiger partial charge in [-0.15, -0.1) is 0 Å². The Kier molecular flexibility index (Phi) is 9.07. The van der Waals surface area contributed by atoms with Crippen molar-refractivity contribution in [2.75, 3.05) is 31.7 Å². The first-order valence-corrected chi connectivity index (χ1v) is 9.64. The summed E-state index contributed by atoms with van der Waals surface area (Å²) in [6.07, 6.45) is 0. The number of thiocarbonyl (C=S) groups is 1. The van der Waals surface area contributed by atoms with E-state index >= 15 is 0 Å². The Hall–Kier alpha value is -2.97. The molecule has 0 bridgehead atoms. The quantitative estimate of drug-likeness (QED) is 0.368. The highest BCUT2D eigenvalue weighted by atomic mass is 32.1. The zero-order valence-electron chi connectivity index (χ0n) is 16.4. The molecule has 2 rings (SSSR count). The number of anilines is 1. The van der Waals surface area contributed by atoms with Gasteiger partial charge in [0.1, 0.15) is 12.4 Å². The Labute approximate surface area is 175 Å². The number of amides is 1. The summed E-state index contributed by atoms with van der Waals surface area (Å²) in [5.41, 5.74) is 1.49. The summed E-state index contributed by atoms with van der Waals surface area (Å²) < 4.78 is 15.7. The fourth-order valence-corrected chi connectivity index (χ4v) is 2.54. The summed E-state index contributed by atoms with van der Waals surface area (Å²) in [4.78, 5) is 24.1. The fourth-order valence-electron chi connectivity index (χ4n) is 2.33. The summed E-state index contributed by atoms with van der Waals surface area (Å²) in [6.45, 7) is 5.49. The molecule has 7 nitrogen and oxygen atoms in total. The summed E-state index contributed by atoms with van der Waals surface area (Å²) >= 11 is 5.19. The topological polar surface area (TPSA) is 85.9 Å². The number of rotatable bonds is 9. The van der Waals surface area contributed by atoms with E-state index < -0.39 is 5.97 Å². The van der Waals surface area contributed by atoms with E-state index in [2.05, 4.69) is 10.6 Å². The van der Waals surface area contributed by atoms with Crippen molar-refractivity contribution in [1.82, 2.24) is 5.32 Å². The van der Waals surface area contributed by atoms with Gasteiger partial charge >= 0.3 is 5.97 Å². The average Bonchev–Trinajstić information content (AvgIpc) is 2.72. The average molecular weight is 416 g/mol. The Morgan fingerprint density at radius 2 is 1.72 bits per heavy atom. The molecule has 29 heavy (non-hydrogen) atoms. The minimum Gasteiger partial charge on any atom is -0.491 e. The first-order valence-electron chi connectivity index (χ1n) is 9.23. The highest BCUT2D eigenvalue weighted by molar-refractivity contribution is 7.80. The second-order valence-corrected chi connectivity index (χ2v) is 6.19. The number of carbonyl (C=O) groups is 2. The van der Waals surface area contributed by atoms with Crippen LogP contribution in [0.5, 0.6) is 5.75 Å². The third-order valence-corrected chi connectivity index (χ3v) is 3.88. The Bertz CT molecular complexity index is 839. The fraction of sp³-hybridized carbons (Fsp3) is 0.286. The molecule has 0 aliphatic rings. The van der Waals surface area contributed by atoms with E-state index in [9.17, 15) is 9.59 Å². The molecule has 0 saturated carbocycles. The molecular weight excluding hydrogens is 392 g/mol. The van der Waals surface area contributed by atoms with Crippen molar-refractivity contribution in [3.63, 3.8) is 0 Å². The van der Waals surface area contributed by atoms with Crippen LogP contribution in [0.15, 0.2) is 48.5 Å². The largest absolute Gasteiger partial charge is 0.491 e. The highest BCUT2D eigenvalue weighted by Gasteiger charge is 2.10. The van der Waals surface area contributed by atoms with Crippen LogP contribution in [-0.2, 0) is 9.47 Å². The van der Waals surface area contributed by atoms with E-state index in [0.717, 1.165) is 0 Å². The van der Waals surface area contributed by atoms with E-state index in [-0.39, 0.29) is 11.0 Å². The molecule has 2 aromatic carbocycles. The molecule has 2 aromatic rings. The Balaban J connectivity index is 1.88. The van der Waals surface area contributed by atoms with Crippen molar-refractivity contribution in [3.8, 4) is 5.75 Å². The van der Waals surface area contributed by atoms with Crippen LogP contribution in [0.25, 0.3) is 0 Å². The maximum Gasteiger partial charge on any atom is 0.338 e. The van der Waals surface area contributed by atoms with Crippen molar-refractivity contribution < 1.29 is 23.8 Å². The Morgan fingerprint density at radius 1 is 0.966 bits per heavy atom. The first kappa shape index (κ1) is 22.3. The predicted molar refractivity (Wildman–Crippen MR) is 115 cm³/mol. The molecule has 0 atom stereocenters. The van der Waals surface area contributed by atoms with Crippen LogP contribution in [0, 0.1) is 0 Å². The number of benzene rings is 2. The molecule has 1 amide bonds. The molecule has 0 radical (unpaired) electrons. The number of carbonyl (C=O) groups excluding carboxylic acids is 2. The Morgan fingerprint density at radius 3 is 2.41 bits per heavy atom. The minimum atomic E-state index is -0.390. The lowest BCUT2D eigenvalue weighted by atomic mass is 10.2. The van der Waals surface area contributed by atoms with E-state index in [1.165, 1.54) is 0 Å². The molecule has 0 spiro atoms. The van der Waals surface area contributed by atoms with Crippen LogP contribution in [0.3, 0.4) is 0 Å². The molecule has 0 aliphatic carbocycles. The van der Waals surface area contributed by atoms with Crippen LogP contribution < -0.4 is 15.4 Å². The van der Waals surface area contributed by atoms with Gasteiger partial charge in [-0.25, -0.2) is 4.79 Å². The number of hydrogen-bond acceptors (Lipinski definition) is 6. The zero-order valence-corrected chi connectivity index (χ0v) is 17.2. The molecule has 0 aliphatic heterocycles. The summed E-state index contributed by atoms with van der Waals surface area (Å²) in [6, 6.07) is 13.4. The first-order chi connectivity index (χ1) is 14.0. The predicted octanol–water partition coefficient (Wildman–Crippen LogP) is 3.41. The molecule has 154 valence electrons.